The molecule has 5 nitrogen and oxygen atoms in total. The van der Waals surface area contributed by atoms with Crippen molar-refractivity contribution >= 4 is 35.8 Å². The predicted octanol–water partition coefficient (Wildman–Crippen LogP) is 3.03. The highest BCUT2D eigenvalue weighted by Crippen LogP contribution is 2.08. The molecule has 0 fully saturated rings. The number of hydrogen-bond donors (Lipinski definition) is 3. The van der Waals surface area contributed by atoms with Gasteiger partial charge in [0.1, 0.15) is 5.82 Å². The molecule has 2 aromatic rings. The number of rotatable bonds is 8. The third kappa shape index (κ3) is 8.24. The Morgan fingerprint density at radius 3 is 2.25 bits per heavy atom. The van der Waals surface area contributed by atoms with Crippen molar-refractivity contribution in [3.63, 3.8) is 0 Å². The second-order valence-electron chi connectivity index (χ2n) is 6.13. The quantitative estimate of drug-likeness (QED) is 0.227. The molecule has 7 heteroatoms. The lowest BCUT2D eigenvalue weighted by Crippen LogP contribution is -2.41. The average molecular weight is 498 g/mol. The fourth-order valence-corrected chi connectivity index (χ4v) is 2.71. The molecule has 0 heterocycles. The van der Waals surface area contributed by atoms with E-state index in [0.717, 1.165) is 12.0 Å². The van der Waals surface area contributed by atoms with E-state index >= 15 is 0 Å². The zero-order valence-corrected chi connectivity index (χ0v) is 18.6. The summed E-state index contributed by atoms with van der Waals surface area (Å²) in [7, 11) is 1.72. The van der Waals surface area contributed by atoms with Crippen LogP contribution in [0, 0.1) is 5.82 Å². The number of carbonyl (C=O) groups is 1. The maximum absolute atomic E-state index is 12.9. The van der Waals surface area contributed by atoms with Crippen molar-refractivity contribution in [2.75, 3.05) is 20.1 Å². The molecule has 0 atom stereocenters. The van der Waals surface area contributed by atoms with E-state index in [0.29, 0.717) is 25.6 Å². The number of hydrogen-bond acceptors (Lipinski definition) is 2. The molecular formula is C21H28FIN4O. The number of aryl methyl sites for hydroxylation is 1. The van der Waals surface area contributed by atoms with Crippen LogP contribution in [-0.4, -0.2) is 32.0 Å². The van der Waals surface area contributed by atoms with Crippen LogP contribution in [0.15, 0.2) is 53.5 Å². The van der Waals surface area contributed by atoms with Crippen LogP contribution in [0.25, 0.3) is 0 Å². The molecule has 0 unspecified atom stereocenters. The van der Waals surface area contributed by atoms with Crippen LogP contribution in [0.2, 0.25) is 0 Å². The number of guanidine groups is 1. The summed E-state index contributed by atoms with van der Waals surface area (Å²) in [6.45, 7) is 3.87. The molecule has 2 aromatic carbocycles. The van der Waals surface area contributed by atoms with Crippen molar-refractivity contribution < 1.29 is 9.18 Å². The minimum Gasteiger partial charge on any atom is -0.355 e. The molecule has 0 saturated carbocycles. The topological polar surface area (TPSA) is 65.5 Å². The highest BCUT2D eigenvalue weighted by Gasteiger charge is 2.04. The number of carbonyl (C=O) groups excluding carboxylic acids is 1. The van der Waals surface area contributed by atoms with Gasteiger partial charge in [0.05, 0.1) is 6.42 Å². The Kier molecular flexibility index (Phi) is 11.2. The Morgan fingerprint density at radius 2 is 1.61 bits per heavy atom. The second kappa shape index (κ2) is 13.1. The van der Waals surface area contributed by atoms with Crippen LogP contribution in [0.5, 0.6) is 0 Å². The Bertz CT molecular complexity index is 765. The van der Waals surface area contributed by atoms with E-state index in [1.807, 2.05) is 12.1 Å². The van der Waals surface area contributed by atoms with Crippen molar-refractivity contribution in [1.29, 1.82) is 0 Å². The first kappa shape index (κ1) is 23.9. The van der Waals surface area contributed by atoms with E-state index in [1.165, 1.54) is 23.3 Å². The standard InChI is InChI=1S/C21H27FN4O.HI/c1-3-17-6-4-5-7-18(17)15-26-21(23-2)25-13-12-24-20(27)14-16-8-10-19(22)11-9-16;/h4-11H,3,12-15H2,1-2H3,(H,24,27)(H2,23,25,26);1H. The third-order valence-electron chi connectivity index (χ3n) is 4.19. The Morgan fingerprint density at radius 1 is 0.964 bits per heavy atom. The van der Waals surface area contributed by atoms with Crippen LogP contribution in [0.3, 0.4) is 0 Å². The molecule has 0 spiro atoms. The van der Waals surface area contributed by atoms with Crippen molar-refractivity contribution in [2.24, 2.45) is 4.99 Å². The van der Waals surface area contributed by atoms with Crippen molar-refractivity contribution in [1.82, 2.24) is 16.0 Å². The van der Waals surface area contributed by atoms with Gasteiger partial charge in [-0.2, -0.15) is 0 Å². The van der Waals surface area contributed by atoms with Gasteiger partial charge in [-0.1, -0.05) is 43.3 Å². The van der Waals surface area contributed by atoms with Gasteiger partial charge in [0, 0.05) is 26.7 Å². The number of benzene rings is 2. The normalized spacial score (nSPS) is 10.8. The van der Waals surface area contributed by atoms with E-state index < -0.39 is 0 Å². The summed E-state index contributed by atoms with van der Waals surface area (Å²) < 4.78 is 12.9. The lowest BCUT2D eigenvalue weighted by atomic mass is 10.1. The summed E-state index contributed by atoms with van der Waals surface area (Å²) in [5.74, 6) is 0.292. The smallest absolute Gasteiger partial charge is 0.224 e. The highest BCUT2D eigenvalue weighted by atomic mass is 127. The Labute approximate surface area is 183 Å². The molecule has 0 aliphatic carbocycles. The maximum Gasteiger partial charge on any atom is 0.224 e. The summed E-state index contributed by atoms with van der Waals surface area (Å²) in [4.78, 5) is 16.1. The fourth-order valence-electron chi connectivity index (χ4n) is 2.71. The predicted molar refractivity (Wildman–Crippen MR) is 123 cm³/mol. The lowest BCUT2D eigenvalue weighted by molar-refractivity contribution is -0.120. The van der Waals surface area contributed by atoms with Gasteiger partial charge in [-0.3, -0.25) is 9.79 Å². The van der Waals surface area contributed by atoms with Gasteiger partial charge in [-0.25, -0.2) is 4.39 Å². The van der Waals surface area contributed by atoms with E-state index in [2.05, 4.69) is 40.0 Å². The first-order valence-corrected chi connectivity index (χ1v) is 9.14. The number of nitrogens with one attached hydrogen (secondary N) is 3. The molecule has 3 N–H and O–H groups in total. The Balaban J connectivity index is 0.00000392. The van der Waals surface area contributed by atoms with Gasteiger partial charge in [-0.05, 0) is 35.2 Å². The first-order valence-electron chi connectivity index (χ1n) is 9.14. The molecule has 0 bridgehead atoms. The molecule has 0 saturated heterocycles. The Hall–Kier alpha value is -2.16. The number of nitrogens with zero attached hydrogens (tertiary/aromatic N) is 1. The van der Waals surface area contributed by atoms with Crippen LogP contribution >= 0.6 is 24.0 Å². The van der Waals surface area contributed by atoms with Crippen LogP contribution < -0.4 is 16.0 Å². The first-order chi connectivity index (χ1) is 13.1. The van der Waals surface area contributed by atoms with Crippen molar-refractivity contribution in [3.05, 3.63) is 71.0 Å². The number of aliphatic imine (C=N–C) groups is 1. The number of amides is 1. The van der Waals surface area contributed by atoms with Crippen molar-refractivity contribution in [2.45, 2.75) is 26.3 Å². The van der Waals surface area contributed by atoms with Crippen LogP contribution in [0.1, 0.15) is 23.6 Å². The van der Waals surface area contributed by atoms with Gasteiger partial charge in [0.15, 0.2) is 5.96 Å². The molecule has 0 radical (unpaired) electrons. The van der Waals surface area contributed by atoms with Gasteiger partial charge in [0.25, 0.3) is 0 Å². The maximum atomic E-state index is 12.9. The van der Waals surface area contributed by atoms with E-state index in [9.17, 15) is 9.18 Å². The average Bonchev–Trinajstić information content (AvgIpc) is 2.69. The summed E-state index contributed by atoms with van der Waals surface area (Å²) in [5.41, 5.74) is 3.35. The molecule has 0 aliphatic rings. The minimum absolute atomic E-state index is 0. The molecule has 152 valence electrons. The largest absolute Gasteiger partial charge is 0.355 e. The summed E-state index contributed by atoms with van der Waals surface area (Å²) in [6, 6.07) is 14.3. The highest BCUT2D eigenvalue weighted by molar-refractivity contribution is 14.0. The zero-order chi connectivity index (χ0) is 19.5. The molecule has 0 aliphatic heterocycles. The minimum atomic E-state index is -0.302. The van der Waals surface area contributed by atoms with Gasteiger partial charge < -0.3 is 16.0 Å². The van der Waals surface area contributed by atoms with Crippen molar-refractivity contribution in [3.8, 4) is 0 Å². The molecule has 1 amide bonds. The SMILES string of the molecule is CCc1ccccc1CNC(=NC)NCCNC(=O)Cc1ccc(F)cc1.I. The summed E-state index contributed by atoms with van der Waals surface area (Å²) in [6.07, 6.45) is 1.23. The molecule has 2 rings (SSSR count). The fraction of sp³-hybridized carbons (Fsp3) is 0.333. The second-order valence-corrected chi connectivity index (χ2v) is 6.13. The van der Waals surface area contributed by atoms with Gasteiger partial charge >= 0.3 is 0 Å². The third-order valence-corrected chi connectivity index (χ3v) is 4.19. The summed E-state index contributed by atoms with van der Waals surface area (Å²) in [5, 5.41) is 9.30. The molecular weight excluding hydrogens is 470 g/mol. The van der Waals surface area contributed by atoms with Crippen LogP contribution in [-0.2, 0) is 24.2 Å². The van der Waals surface area contributed by atoms with Gasteiger partial charge in [0.2, 0.25) is 5.91 Å². The monoisotopic (exact) mass is 498 g/mol. The molecule has 28 heavy (non-hydrogen) atoms. The zero-order valence-electron chi connectivity index (χ0n) is 16.3. The summed E-state index contributed by atoms with van der Waals surface area (Å²) >= 11 is 0. The van der Waals surface area contributed by atoms with Crippen LogP contribution in [0.4, 0.5) is 4.39 Å². The number of halogens is 2. The lowest BCUT2D eigenvalue weighted by Gasteiger charge is -2.14. The van der Waals surface area contributed by atoms with Gasteiger partial charge in [-0.15, -0.1) is 24.0 Å². The van der Waals surface area contributed by atoms with E-state index in [1.54, 1.807) is 19.2 Å². The van der Waals surface area contributed by atoms with E-state index in [-0.39, 0.29) is 42.1 Å². The molecule has 0 aromatic heterocycles. The van der Waals surface area contributed by atoms with E-state index in [4.69, 9.17) is 0 Å².